The average molecular weight is 481 g/mol. The minimum Gasteiger partial charge on any atom is -0.486 e. The van der Waals surface area contributed by atoms with E-state index in [1.807, 2.05) is 6.07 Å². The SMILES string of the molecule is C[C@@H](NC(=O)CCS(=O)(=O)c1cc2c(cc1Cl)NC(=O)CO2)c1ccc2c(c1)OCCO2. The van der Waals surface area contributed by atoms with Crippen molar-refractivity contribution in [3.8, 4) is 17.2 Å². The van der Waals surface area contributed by atoms with Crippen LogP contribution in [0.1, 0.15) is 24.9 Å². The van der Waals surface area contributed by atoms with E-state index >= 15 is 0 Å². The highest BCUT2D eigenvalue weighted by Crippen LogP contribution is 2.36. The third kappa shape index (κ3) is 4.76. The van der Waals surface area contributed by atoms with Crippen LogP contribution in [-0.4, -0.2) is 45.8 Å². The van der Waals surface area contributed by atoms with Crippen LogP contribution in [0, 0.1) is 0 Å². The molecule has 0 aromatic heterocycles. The maximum Gasteiger partial charge on any atom is 0.262 e. The Bertz CT molecular complexity index is 1180. The number of anilines is 1. The first-order valence-corrected chi connectivity index (χ1v) is 11.9. The summed E-state index contributed by atoms with van der Waals surface area (Å²) in [6, 6.07) is 7.63. The molecule has 0 bridgehead atoms. The number of halogens is 1. The molecule has 2 aromatic rings. The van der Waals surface area contributed by atoms with E-state index in [2.05, 4.69) is 10.6 Å². The van der Waals surface area contributed by atoms with E-state index in [1.54, 1.807) is 19.1 Å². The van der Waals surface area contributed by atoms with Gasteiger partial charge in [-0.3, -0.25) is 9.59 Å². The van der Waals surface area contributed by atoms with Crippen molar-refractivity contribution in [3.63, 3.8) is 0 Å². The van der Waals surface area contributed by atoms with Crippen molar-refractivity contribution in [1.82, 2.24) is 5.32 Å². The summed E-state index contributed by atoms with van der Waals surface area (Å²) >= 11 is 6.12. The highest BCUT2D eigenvalue weighted by molar-refractivity contribution is 7.91. The Morgan fingerprint density at radius 2 is 1.88 bits per heavy atom. The molecule has 32 heavy (non-hydrogen) atoms. The number of rotatable bonds is 6. The smallest absolute Gasteiger partial charge is 0.262 e. The Balaban J connectivity index is 1.39. The first kappa shape index (κ1) is 22.2. The lowest BCUT2D eigenvalue weighted by atomic mass is 10.1. The molecule has 1 atom stereocenters. The van der Waals surface area contributed by atoms with Gasteiger partial charge in [0.1, 0.15) is 19.0 Å². The molecular weight excluding hydrogens is 460 g/mol. The van der Waals surface area contributed by atoms with E-state index in [4.69, 9.17) is 25.8 Å². The second-order valence-corrected chi connectivity index (χ2v) is 9.86. The normalized spacial score (nSPS) is 15.8. The average Bonchev–Trinajstić information content (AvgIpc) is 2.76. The van der Waals surface area contributed by atoms with Crippen molar-refractivity contribution in [2.24, 2.45) is 0 Å². The van der Waals surface area contributed by atoms with Gasteiger partial charge in [-0.05, 0) is 30.7 Å². The summed E-state index contributed by atoms with van der Waals surface area (Å²) in [5, 5.41) is 5.30. The summed E-state index contributed by atoms with van der Waals surface area (Å²) in [6.45, 7) is 2.53. The molecule has 0 spiro atoms. The Morgan fingerprint density at radius 1 is 1.12 bits per heavy atom. The van der Waals surface area contributed by atoms with Gasteiger partial charge < -0.3 is 24.8 Å². The molecule has 0 radical (unpaired) electrons. The Hall–Kier alpha value is -2.98. The van der Waals surface area contributed by atoms with Crippen LogP contribution >= 0.6 is 11.6 Å². The summed E-state index contributed by atoms with van der Waals surface area (Å²) in [6.07, 6.45) is -0.248. The van der Waals surface area contributed by atoms with Crippen LogP contribution in [0.2, 0.25) is 5.02 Å². The third-order valence-electron chi connectivity index (χ3n) is 5.04. The van der Waals surface area contributed by atoms with Crippen LogP contribution in [0.15, 0.2) is 35.2 Å². The molecule has 0 saturated heterocycles. The summed E-state index contributed by atoms with van der Waals surface area (Å²) in [7, 11) is -3.87. The number of amides is 2. The zero-order valence-corrected chi connectivity index (χ0v) is 18.7. The fraction of sp³-hybridized carbons (Fsp3) is 0.333. The van der Waals surface area contributed by atoms with Crippen LogP contribution in [0.5, 0.6) is 17.2 Å². The standard InChI is InChI=1S/C21H21ClN2O7S/c1-12(13-2-3-16-18(8-13)30-6-5-29-16)23-20(25)4-7-32(27,28)19-10-17-15(9-14(19)22)24-21(26)11-31-17/h2-3,8-10,12H,4-7,11H2,1H3,(H,23,25)(H,24,26)/t12-/m1/s1. The molecule has 2 aromatic carbocycles. The Labute approximate surface area is 189 Å². The summed E-state index contributed by atoms with van der Waals surface area (Å²) in [5.74, 6) is 0.260. The van der Waals surface area contributed by atoms with Crippen LogP contribution in [-0.2, 0) is 19.4 Å². The Morgan fingerprint density at radius 3 is 2.66 bits per heavy atom. The fourth-order valence-corrected chi connectivity index (χ4v) is 5.22. The highest BCUT2D eigenvalue weighted by Gasteiger charge is 2.25. The van der Waals surface area contributed by atoms with Gasteiger partial charge in [0, 0.05) is 12.5 Å². The number of hydrogen-bond donors (Lipinski definition) is 2. The number of benzene rings is 2. The zero-order chi connectivity index (χ0) is 22.9. The fourth-order valence-electron chi connectivity index (χ4n) is 3.38. The molecule has 0 saturated carbocycles. The lowest BCUT2D eigenvalue weighted by molar-refractivity contribution is -0.121. The molecule has 9 nitrogen and oxygen atoms in total. The van der Waals surface area contributed by atoms with Crippen molar-refractivity contribution in [2.75, 3.05) is 30.9 Å². The quantitative estimate of drug-likeness (QED) is 0.651. The van der Waals surface area contributed by atoms with E-state index in [0.717, 1.165) is 5.56 Å². The number of ether oxygens (including phenoxy) is 3. The molecule has 0 fully saturated rings. The monoisotopic (exact) mass is 480 g/mol. The third-order valence-corrected chi connectivity index (χ3v) is 7.22. The minimum atomic E-state index is -3.87. The van der Waals surface area contributed by atoms with Crippen molar-refractivity contribution >= 4 is 38.9 Å². The maximum absolute atomic E-state index is 12.8. The van der Waals surface area contributed by atoms with E-state index in [0.29, 0.717) is 30.4 Å². The Kier molecular flexibility index (Phi) is 6.16. The lowest BCUT2D eigenvalue weighted by Gasteiger charge is -2.21. The first-order valence-electron chi connectivity index (χ1n) is 9.91. The topological polar surface area (TPSA) is 120 Å². The predicted octanol–water partition coefficient (Wildman–Crippen LogP) is 2.48. The van der Waals surface area contributed by atoms with Gasteiger partial charge in [0.25, 0.3) is 5.91 Å². The molecule has 2 aliphatic rings. The molecule has 170 valence electrons. The number of fused-ring (bicyclic) bond motifs is 2. The van der Waals surface area contributed by atoms with E-state index < -0.39 is 21.5 Å². The van der Waals surface area contributed by atoms with Gasteiger partial charge in [0.05, 0.1) is 27.4 Å². The summed E-state index contributed by atoms with van der Waals surface area (Å²) in [5.41, 5.74) is 1.11. The summed E-state index contributed by atoms with van der Waals surface area (Å²) < 4.78 is 41.9. The molecule has 2 N–H and O–H groups in total. The lowest BCUT2D eigenvalue weighted by Crippen LogP contribution is -2.28. The number of carbonyl (C=O) groups excluding carboxylic acids is 2. The van der Waals surface area contributed by atoms with Crippen molar-refractivity contribution in [2.45, 2.75) is 24.3 Å². The van der Waals surface area contributed by atoms with Crippen LogP contribution in [0.4, 0.5) is 5.69 Å². The van der Waals surface area contributed by atoms with Gasteiger partial charge in [-0.15, -0.1) is 0 Å². The van der Waals surface area contributed by atoms with Crippen LogP contribution < -0.4 is 24.8 Å². The molecule has 0 aliphatic carbocycles. The molecule has 0 unspecified atom stereocenters. The van der Waals surface area contributed by atoms with Gasteiger partial charge in [0.15, 0.2) is 27.9 Å². The highest BCUT2D eigenvalue weighted by atomic mass is 35.5. The van der Waals surface area contributed by atoms with Gasteiger partial charge in [0.2, 0.25) is 5.91 Å². The maximum atomic E-state index is 12.8. The second kappa shape index (κ2) is 8.87. The number of carbonyl (C=O) groups is 2. The van der Waals surface area contributed by atoms with Gasteiger partial charge >= 0.3 is 0 Å². The molecule has 11 heteroatoms. The largest absolute Gasteiger partial charge is 0.486 e. The molecular formula is C21H21ClN2O7S. The number of sulfone groups is 1. The zero-order valence-electron chi connectivity index (χ0n) is 17.1. The molecule has 2 aliphatic heterocycles. The van der Waals surface area contributed by atoms with Crippen LogP contribution in [0.25, 0.3) is 0 Å². The van der Waals surface area contributed by atoms with Gasteiger partial charge in [-0.2, -0.15) is 0 Å². The second-order valence-electron chi connectivity index (χ2n) is 7.38. The minimum absolute atomic E-state index is 0.0559. The summed E-state index contributed by atoms with van der Waals surface area (Å²) in [4.78, 5) is 23.7. The molecule has 4 rings (SSSR count). The van der Waals surface area contributed by atoms with Gasteiger partial charge in [-0.1, -0.05) is 17.7 Å². The predicted molar refractivity (Wildman–Crippen MR) is 116 cm³/mol. The van der Waals surface area contributed by atoms with E-state index in [1.165, 1.54) is 12.1 Å². The molecule has 2 heterocycles. The van der Waals surface area contributed by atoms with Crippen molar-refractivity contribution < 1.29 is 32.2 Å². The van der Waals surface area contributed by atoms with E-state index in [9.17, 15) is 18.0 Å². The van der Waals surface area contributed by atoms with Crippen LogP contribution in [0.3, 0.4) is 0 Å². The van der Waals surface area contributed by atoms with Gasteiger partial charge in [-0.25, -0.2) is 8.42 Å². The van der Waals surface area contributed by atoms with Crippen molar-refractivity contribution in [1.29, 1.82) is 0 Å². The first-order chi connectivity index (χ1) is 15.2. The van der Waals surface area contributed by atoms with E-state index in [-0.39, 0.29) is 40.6 Å². The van der Waals surface area contributed by atoms with Crippen molar-refractivity contribution in [3.05, 3.63) is 40.9 Å². The number of hydrogen-bond acceptors (Lipinski definition) is 7. The molecule has 2 amide bonds. The number of nitrogens with one attached hydrogen (secondary N) is 2.